The third-order valence-electron chi connectivity index (χ3n) is 2.69. The van der Waals surface area contributed by atoms with E-state index in [0.717, 1.165) is 30.5 Å². The molecule has 0 aliphatic carbocycles. The Morgan fingerprint density at radius 3 is 2.79 bits per heavy atom. The van der Waals surface area contributed by atoms with Gasteiger partial charge in [-0.15, -0.1) is 0 Å². The molecule has 0 bridgehead atoms. The highest BCUT2D eigenvalue weighted by Gasteiger charge is 2.06. The predicted molar refractivity (Wildman–Crippen MR) is 75.5 cm³/mol. The van der Waals surface area contributed by atoms with Gasteiger partial charge in [-0.25, -0.2) is 0 Å². The van der Waals surface area contributed by atoms with Gasteiger partial charge >= 0.3 is 0 Å². The standard InChI is InChI=1S/C14H18N4O/c1-2-3-4-7-11-8-5-6-9-12(11)17-18-13(10-15)14(16)19/h5-6,8-9,17H,2-4,7H2,1H3,(H2,16,19). The van der Waals surface area contributed by atoms with E-state index in [2.05, 4.69) is 17.5 Å². The average molecular weight is 258 g/mol. The Morgan fingerprint density at radius 1 is 1.42 bits per heavy atom. The van der Waals surface area contributed by atoms with Crippen molar-refractivity contribution in [1.82, 2.24) is 0 Å². The monoisotopic (exact) mass is 258 g/mol. The molecule has 5 heteroatoms. The summed E-state index contributed by atoms with van der Waals surface area (Å²) in [4.78, 5) is 10.9. The number of para-hydroxylation sites is 1. The number of primary amides is 1. The molecule has 0 fully saturated rings. The van der Waals surface area contributed by atoms with Crippen LogP contribution in [0.25, 0.3) is 0 Å². The summed E-state index contributed by atoms with van der Waals surface area (Å²) in [5, 5.41) is 12.4. The Kier molecular flexibility index (Phi) is 6.10. The zero-order valence-corrected chi connectivity index (χ0v) is 11.0. The number of benzene rings is 1. The highest BCUT2D eigenvalue weighted by molar-refractivity contribution is 6.44. The predicted octanol–water partition coefficient (Wildman–Crippen LogP) is 2.20. The molecule has 3 N–H and O–H groups in total. The Bertz CT molecular complexity index is 502. The first kappa shape index (κ1) is 14.7. The van der Waals surface area contributed by atoms with Crippen molar-refractivity contribution in [3.05, 3.63) is 29.8 Å². The van der Waals surface area contributed by atoms with Gasteiger partial charge in [0, 0.05) is 0 Å². The summed E-state index contributed by atoms with van der Waals surface area (Å²) in [5.41, 5.74) is 9.33. The van der Waals surface area contributed by atoms with Crippen LogP contribution in [-0.4, -0.2) is 11.6 Å². The zero-order chi connectivity index (χ0) is 14.1. The summed E-state index contributed by atoms with van der Waals surface area (Å²) in [7, 11) is 0. The van der Waals surface area contributed by atoms with Crippen molar-refractivity contribution >= 4 is 17.3 Å². The summed E-state index contributed by atoms with van der Waals surface area (Å²) in [6.07, 6.45) is 4.36. The van der Waals surface area contributed by atoms with Gasteiger partial charge in [0.2, 0.25) is 5.71 Å². The lowest BCUT2D eigenvalue weighted by atomic mass is 10.1. The van der Waals surface area contributed by atoms with E-state index < -0.39 is 5.91 Å². The van der Waals surface area contributed by atoms with Gasteiger partial charge in [-0.05, 0) is 24.5 Å². The van der Waals surface area contributed by atoms with Crippen LogP contribution in [0, 0.1) is 11.3 Å². The van der Waals surface area contributed by atoms with E-state index in [1.54, 1.807) is 6.07 Å². The molecule has 5 nitrogen and oxygen atoms in total. The van der Waals surface area contributed by atoms with Gasteiger partial charge < -0.3 is 5.73 Å². The molecule has 0 radical (unpaired) electrons. The number of nitrogens with zero attached hydrogens (tertiary/aromatic N) is 2. The molecule has 0 spiro atoms. The number of unbranched alkanes of at least 4 members (excludes halogenated alkanes) is 2. The van der Waals surface area contributed by atoms with Gasteiger partial charge in [-0.2, -0.15) is 10.4 Å². The topological polar surface area (TPSA) is 91.3 Å². The highest BCUT2D eigenvalue weighted by atomic mass is 16.1. The van der Waals surface area contributed by atoms with Crippen LogP contribution in [0.5, 0.6) is 0 Å². The van der Waals surface area contributed by atoms with Crippen molar-refractivity contribution < 1.29 is 4.79 Å². The van der Waals surface area contributed by atoms with E-state index in [1.165, 1.54) is 6.42 Å². The van der Waals surface area contributed by atoms with Gasteiger partial charge in [0.15, 0.2) is 0 Å². The number of amides is 1. The number of nitriles is 1. The van der Waals surface area contributed by atoms with Crippen LogP contribution < -0.4 is 11.2 Å². The minimum Gasteiger partial charge on any atom is -0.364 e. The maximum absolute atomic E-state index is 10.9. The number of hydrazone groups is 1. The Labute approximate surface area is 113 Å². The first-order chi connectivity index (χ1) is 9.19. The van der Waals surface area contributed by atoms with Crippen LogP contribution in [-0.2, 0) is 11.2 Å². The molecule has 0 aliphatic rings. The second-order valence-electron chi connectivity index (χ2n) is 4.16. The molecular weight excluding hydrogens is 240 g/mol. The van der Waals surface area contributed by atoms with Crippen molar-refractivity contribution in [2.45, 2.75) is 32.6 Å². The summed E-state index contributed by atoms with van der Waals surface area (Å²) < 4.78 is 0. The first-order valence-electron chi connectivity index (χ1n) is 6.30. The number of hydrogen-bond donors (Lipinski definition) is 2. The minimum absolute atomic E-state index is 0.330. The number of aryl methyl sites for hydroxylation is 1. The molecule has 100 valence electrons. The quantitative estimate of drug-likeness (QED) is 0.446. The molecule has 0 aromatic heterocycles. The maximum atomic E-state index is 10.9. The number of carbonyl (C=O) groups excluding carboxylic acids is 1. The third-order valence-corrected chi connectivity index (χ3v) is 2.69. The molecule has 1 aromatic carbocycles. The van der Waals surface area contributed by atoms with Gasteiger partial charge in [0.25, 0.3) is 5.91 Å². The molecule has 0 atom stereocenters. The van der Waals surface area contributed by atoms with E-state index in [-0.39, 0.29) is 5.71 Å². The molecular formula is C14H18N4O. The number of hydrogen-bond acceptors (Lipinski definition) is 4. The van der Waals surface area contributed by atoms with Crippen molar-refractivity contribution in [3.63, 3.8) is 0 Å². The normalized spacial score (nSPS) is 10.8. The molecule has 0 saturated heterocycles. The maximum Gasteiger partial charge on any atom is 0.280 e. The van der Waals surface area contributed by atoms with Crippen molar-refractivity contribution in [1.29, 1.82) is 5.26 Å². The highest BCUT2D eigenvalue weighted by Crippen LogP contribution is 2.17. The number of rotatable bonds is 7. The molecule has 0 unspecified atom stereocenters. The fourth-order valence-corrected chi connectivity index (χ4v) is 1.66. The van der Waals surface area contributed by atoms with Gasteiger partial charge in [0.05, 0.1) is 5.69 Å². The largest absolute Gasteiger partial charge is 0.364 e. The average Bonchev–Trinajstić information content (AvgIpc) is 2.41. The van der Waals surface area contributed by atoms with Crippen LogP contribution in [0.1, 0.15) is 31.7 Å². The molecule has 19 heavy (non-hydrogen) atoms. The molecule has 0 aliphatic heterocycles. The molecule has 1 rings (SSSR count). The van der Waals surface area contributed by atoms with Crippen LogP contribution in [0.15, 0.2) is 29.4 Å². The van der Waals surface area contributed by atoms with Gasteiger partial charge in [-0.1, -0.05) is 38.0 Å². The summed E-state index contributed by atoms with van der Waals surface area (Å²) in [6.45, 7) is 2.15. The van der Waals surface area contributed by atoms with Crippen molar-refractivity contribution in [3.8, 4) is 6.07 Å². The van der Waals surface area contributed by atoms with Crippen molar-refractivity contribution in [2.75, 3.05) is 5.43 Å². The third kappa shape index (κ3) is 4.80. The Morgan fingerprint density at radius 2 is 2.16 bits per heavy atom. The first-order valence-corrected chi connectivity index (χ1v) is 6.30. The fraction of sp³-hybridized carbons (Fsp3) is 0.357. The minimum atomic E-state index is -0.835. The van der Waals surface area contributed by atoms with E-state index in [0.29, 0.717) is 0 Å². The number of nitrogens with two attached hydrogens (primary N) is 1. The number of carbonyl (C=O) groups is 1. The van der Waals surface area contributed by atoms with E-state index in [9.17, 15) is 4.79 Å². The molecule has 1 aromatic rings. The second-order valence-corrected chi connectivity index (χ2v) is 4.16. The van der Waals surface area contributed by atoms with E-state index >= 15 is 0 Å². The molecule has 1 amide bonds. The Balaban J connectivity index is 2.78. The lowest BCUT2D eigenvalue weighted by Crippen LogP contribution is -2.22. The number of nitrogens with one attached hydrogen (secondary N) is 1. The van der Waals surface area contributed by atoms with E-state index in [4.69, 9.17) is 11.0 Å². The summed E-state index contributed by atoms with van der Waals surface area (Å²) >= 11 is 0. The molecule has 0 heterocycles. The lowest BCUT2D eigenvalue weighted by molar-refractivity contribution is -0.111. The summed E-state index contributed by atoms with van der Waals surface area (Å²) in [6, 6.07) is 9.35. The van der Waals surface area contributed by atoms with Crippen LogP contribution in [0.3, 0.4) is 0 Å². The summed E-state index contributed by atoms with van der Waals surface area (Å²) in [5.74, 6) is -0.835. The lowest BCUT2D eigenvalue weighted by Gasteiger charge is -2.08. The van der Waals surface area contributed by atoms with E-state index in [1.807, 2.05) is 24.3 Å². The van der Waals surface area contributed by atoms with Crippen LogP contribution in [0.2, 0.25) is 0 Å². The van der Waals surface area contributed by atoms with Crippen molar-refractivity contribution in [2.24, 2.45) is 10.8 Å². The molecule has 0 saturated carbocycles. The second kappa shape index (κ2) is 7.88. The van der Waals surface area contributed by atoms with Crippen LogP contribution >= 0.6 is 0 Å². The zero-order valence-electron chi connectivity index (χ0n) is 11.0. The SMILES string of the molecule is CCCCCc1ccccc1NN=C(C#N)C(N)=O. The van der Waals surface area contributed by atoms with Gasteiger partial charge in [0.1, 0.15) is 6.07 Å². The smallest absolute Gasteiger partial charge is 0.280 e. The Hall–Kier alpha value is -2.35. The fourth-order valence-electron chi connectivity index (χ4n) is 1.66. The van der Waals surface area contributed by atoms with Gasteiger partial charge in [-0.3, -0.25) is 10.2 Å². The number of anilines is 1. The van der Waals surface area contributed by atoms with Crippen LogP contribution in [0.4, 0.5) is 5.69 Å².